The summed E-state index contributed by atoms with van der Waals surface area (Å²) in [5, 5.41) is 5.25. The lowest BCUT2D eigenvalue weighted by Crippen LogP contribution is -2.64. The number of nitrogens with one attached hydrogen (secondary N) is 2. The Hall–Kier alpha value is -2.92. The zero-order valence-electron chi connectivity index (χ0n) is 19.3. The third-order valence-corrected chi connectivity index (χ3v) is 4.81. The Bertz CT molecular complexity index is 886. The molecule has 0 aliphatic carbocycles. The second kappa shape index (κ2) is 10.8. The third-order valence-electron chi connectivity index (χ3n) is 4.58. The lowest BCUT2D eigenvalue weighted by Gasteiger charge is -2.42. The Kier molecular flexibility index (Phi) is 8.62. The molecule has 0 aromatic carbocycles. The quantitative estimate of drug-likeness (QED) is 0.431. The van der Waals surface area contributed by atoms with Gasteiger partial charge in [0.1, 0.15) is 17.3 Å². The number of hydrogen-bond donors (Lipinski definition) is 3. The number of anilines is 1. The van der Waals surface area contributed by atoms with Gasteiger partial charge < -0.3 is 25.8 Å². The SMILES string of the molecule is CC(C)OC(=O)N1CC[C@H](NC(=O)C(=O)Nc2ccc(Cl)cn2)[C@@H](C(=O)OC(C)(C)C)C1N. The molecular weight excluding hydrogens is 454 g/mol. The van der Waals surface area contributed by atoms with Crippen molar-refractivity contribution in [2.45, 2.75) is 65.0 Å². The molecule has 3 amide bonds. The van der Waals surface area contributed by atoms with Crippen LogP contribution in [0.15, 0.2) is 18.3 Å². The number of nitrogens with zero attached hydrogens (tertiary/aromatic N) is 2. The van der Waals surface area contributed by atoms with Crippen LogP contribution in [0.5, 0.6) is 0 Å². The summed E-state index contributed by atoms with van der Waals surface area (Å²) >= 11 is 5.76. The summed E-state index contributed by atoms with van der Waals surface area (Å²) < 4.78 is 10.7. The van der Waals surface area contributed by atoms with Gasteiger partial charge in [0.2, 0.25) is 0 Å². The number of ether oxygens (including phenoxy) is 2. The average Bonchev–Trinajstić information content (AvgIpc) is 2.67. The van der Waals surface area contributed by atoms with Gasteiger partial charge >= 0.3 is 23.9 Å². The van der Waals surface area contributed by atoms with Crippen molar-refractivity contribution in [2.75, 3.05) is 11.9 Å². The lowest BCUT2D eigenvalue weighted by molar-refractivity contribution is -0.165. The number of carbonyl (C=O) groups is 4. The molecule has 12 heteroatoms. The molecule has 3 atom stereocenters. The number of rotatable bonds is 4. The van der Waals surface area contributed by atoms with Gasteiger partial charge in [0, 0.05) is 18.8 Å². The molecule has 4 N–H and O–H groups in total. The van der Waals surface area contributed by atoms with Crippen molar-refractivity contribution in [3.63, 3.8) is 0 Å². The Morgan fingerprint density at radius 1 is 1.21 bits per heavy atom. The number of esters is 1. The number of halogens is 1. The van der Waals surface area contributed by atoms with Crippen LogP contribution in [0, 0.1) is 5.92 Å². The predicted molar refractivity (Wildman–Crippen MR) is 120 cm³/mol. The second-order valence-corrected chi connectivity index (χ2v) is 9.30. The Labute approximate surface area is 197 Å². The summed E-state index contributed by atoms with van der Waals surface area (Å²) in [5.74, 6) is -3.67. The number of nitrogens with two attached hydrogens (primary N) is 1. The van der Waals surface area contributed by atoms with E-state index in [9.17, 15) is 19.2 Å². The Balaban J connectivity index is 2.17. The molecule has 0 spiro atoms. The standard InChI is InChI=1S/C21H30ClN5O6/c1-11(2)32-20(31)27-9-8-13(15(16(27)23)19(30)33-21(3,4)5)25-17(28)18(29)26-14-7-6-12(22)10-24-14/h6-7,10-11,13,15-16H,8-9,23H2,1-5H3,(H,25,28)(H,24,26,29)/t13-,15+,16?/m0/s1. The molecule has 1 aromatic rings. The van der Waals surface area contributed by atoms with E-state index in [0.29, 0.717) is 5.02 Å². The summed E-state index contributed by atoms with van der Waals surface area (Å²) in [5.41, 5.74) is 5.42. The topological polar surface area (TPSA) is 153 Å². The van der Waals surface area contributed by atoms with E-state index in [4.69, 9.17) is 26.8 Å². The van der Waals surface area contributed by atoms with Crippen LogP contribution < -0.4 is 16.4 Å². The molecule has 0 saturated carbocycles. The van der Waals surface area contributed by atoms with Crippen molar-refractivity contribution in [3.8, 4) is 0 Å². The van der Waals surface area contributed by atoms with Crippen molar-refractivity contribution >= 4 is 41.3 Å². The van der Waals surface area contributed by atoms with Crippen molar-refractivity contribution in [3.05, 3.63) is 23.4 Å². The fourth-order valence-electron chi connectivity index (χ4n) is 3.21. The molecule has 1 fully saturated rings. The van der Waals surface area contributed by atoms with Crippen LogP contribution in [0.4, 0.5) is 10.6 Å². The number of carbonyl (C=O) groups excluding carboxylic acids is 4. The average molecular weight is 484 g/mol. The minimum absolute atomic E-state index is 0.108. The van der Waals surface area contributed by atoms with Crippen LogP contribution in [0.2, 0.25) is 5.02 Å². The summed E-state index contributed by atoms with van der Waals surface area (Å²) in [4.78, 5) is 55.4. The molecule has 2 rings (SSSR count). The zero-order chi connectivity index (χ0) is 24.9. The van der Waals surface area contributed by atoms with Gasteiger partial charge in [-0.3, -0.25) is 19.3 Å². The minimum atomic E-state index is -1.13. The summed E-state index contributed by atoms with van der Waals surface area (Å²) in [6.45, 7) is 8.54. The molecular formula is C21H30ClN5O6. The molecule has 11 nitrogen and oxygen atoms in total. The maximum atomic E-state index is 12.9. The molecule has 1 saturated heterocycles. The zero-order valence-corrected chi connectivity index (χ0v) is 20.0. The van der Waals surface area contributed by atoms with Gasteiger partial charge in [-0.05, 0) is 53.2 Å². The van der Waals surface area contributed by atoms with E-state index in [1.54, 1.807) is 34.6 Å². The van der Waals surface area contributed by atoms with Crippen LogP contribution in [0.1, 0.15) is 41.0 Å². The van der Waals surface area contributed by atoms with E-state index in [1.807, 2.05) is 0 Å². The molecule has 1 unspecified atom stereocenters. The number of hydrogen-bond acceptors (Lipinski definition) is 8. The number of amides is 3. The lowest BCUT2D eigenvalue weighted by atomic mass is 9.88. The molecule has 1 aliphatic rings. The molecule has 0 radical (unpaired) electrons. The van der Waals surface area contributed by atoms with Crippen molar-refractivity contribution in [1.29, 1.82) is 0 Å². The maximum absolute atomic E-state index is 12.9. The number of likely N-dealkylation sites (tertiary alicyclic amines) is 1. The Morgan fingerprint density at radius 2 is 1.88 bits per heavy atom. The summed E-state index contributed by atoms with van der Waals surface area (Å²) in [6.07, 6.45) is -0.720. The predicted octanol–water partition coefficient (Wildman–Crippen LogP) is 1.65. The van der Waals surface area contributed by atoms with E-state index in [0.717, 1.165) is 0 Å². The van der Waals surface area contributed by atoms with E-state index >= 15 is 0 Å². The first kappa shape index (κ1) is 26.3. The maximum Gasteiger partial charge on any atom is 0.411 e. The fourth-order valence-corrected chi connectivity index (χ4v) is 3.33. The highest BCUT2D eigenvalue weighted by molar-refractivity contribution is 6.39. The van der Waals surface area contributed by atoms with Crippen LogP contribution in [-0.4, -0.2) is 64.2 Å². The third kappa shape index (κ3) is 7.57. The van der Waals surface area contributed by atoms with Gasteiger partial charge in [-0.1, -0.05) is 11.6 Å². The molecule has 2 heterocycles. The van der Waals surface area contributed by atoms with Crippen LogP contribution in [0.25, 0.3) is 0 Å². The molecule has 0 bridgehead atoms. The number of aromatic nitrogens is 1. The first-order valence-electron chi connectivity index (χ1n) is 10.5. The van der Waals surface area contributed by atoms with Crippen molar-refractivity contribution in [1.82, 2.24) is 15.2 Å². The molecule has 182 valence electrons. The van der Waals surface area contributed by atoms with E-state index in [-0.39, 0.29) is 24.9 Å². The van der Waals surface area contributed by atoms with E-state index in [2.05, 4.69) is 15.6 Å². The molecule has 1 aliphatic heterocycles. The van der Waals surface area contributed by atoms with Gasteiger partial charge in [-0.15, -0.1) is 0 Å². The first-order chi connectivity index (χ1) is 15.3. The van der Waals surface area contributed by atoms with Crippen LogP contribution in [0.3, 0.4) is 0 Å². The Morgan fingerprint density at radius 3 is 2.42 bits per heavy atom. The summed E-state index contributed by atoms with van der Waals surface area (Å²) in [7, 11) is 0. The summed E-state index contributed by atoms with van der Waals surface area (Å²) in [6, 6.07) is 2.09. The van der Waals surface area contributed by atoms with Gasteiger partial charge in [-0.25, -0.2) is 9.78 Å². The second-order valence-electron chi connectivity index (χ2n) is 8.86. The first-order valence-corrected chi connectivity index (χ1v) is 10.9. The van der Waals surface area contributed by atoms with Crippen LogP contribution in [-0.2, 0) is 23.9 Å². The van der Waals surface area contributed by atoms with Gasteiger partial charge in [0.25, 0.3) is 0 Å². The molecule has 33 heavy (non-hydrogen) atoms. The van der Waals surface area contributed by atoms with Gasteiger partial charge in [-0.2, -0.15) is 0 Å². The smallest absolute Gasteiger partial charge is 0.411 e. The monoisotopic (exact) mass is 483 g/mol. The highest BCUT2D eigenvalue weighted by atomic mass is 35.5. The molecule has 1 aromatic heterocycles. The van der Waals surface area contributed by atoms with Gasteiger partial charge in [0.05, 0.1) is 17.3 Å². The normalized spacial score (nSPS) is 20.7. The number of pyridine rings is 1. The van der Waals surface area contributed by atoms with Crippen molar-refractivity contribution < 1.29 is 28.7 Å². The van der Waals surface area contributed by atoms with Crippen molar-refractivity contribution in [2.24, 2.45) is 11.7 Å². The highest BCUT2D eigenvalue weighted by Gasteiger charge is 2.46. The van der Waals surface area contributed by atoms with E-state index < -0.39 is 47.6 Å². The number of piperidine rings is 1. The largest absolute Gasteiger partial charge is 0.460 e. The van der Waals surface area contributed by atoms with E-state index in [1.165, 1.54) is 23.2 Å². The fraction of sp³-hybridized carbons (Fsp3) is 0.571. The minimum Gasteiger partial charge on any atom is -0.460 e. The highest BCUT2D eigenvalue weighted by Crippen LogP contribution is 2.26. The van der Waals surface area contributed by atoms with Crippen LogP contribution >= 0.6 is 11.6 Å². The van der Waals surface area contributed by atoms with Gasteiger partial charge in [0.15, 0.2) is 0 Å².